The Balaban J connectivity index is 2.48. The minimum atomic E-state index is -0.705. The third-order valence-electron chi connectivity index (χ3n) is 2.32. The van der Waals surface area contributed by atoms with Crippen LogP contribution in [0.1, 0.15) is 11.7 Å². The summed E-state index contributed by atoms with van der Waals surface area (Å²) in [5.74, 6) is -0.0424. The molecular formula is C11H7BrCl2O3. The minimum absolute atomic E-state index is 0.0845. The van der Waals surface area contributed by atoms with Gasteiger partial charge in [-0.2, -0.15) is 0 Å². The van der Waals surface area contributed by atoms with Crippen molar-refractivity contribution in [2.45, 2.75) is 6.10 Å². The third-order valence-corrected chi connectivity index (χ3v) is 3.65. The quantitative estimate of drug-likeness (QED) is 0.771. The van der Waals surface area contributed by atoms with Crippen molar-refractivity contribution in [2.75, 3.05) is 7.11 Å². The van der Waals surface area contributed by atoms with Crippen LogP contribution in [0.15, 0.2) is 32.7 Å². The summed E-state index contributed by atoms with van der Waals surface area (Å²) in [5.41, 5.74) is 0.649. The second-order valence-corrected chi connectivity index (χ2v) is 5.03. The summed E-state index contributed by atoms with van der Waals surface area (Å²) >= 11 is 15.0. The normalized spacial score (nSPS) is 19.5. The summed E-state index contributed by atoms with van der Waals surface area (Å²) < 4.78 is 11.1. The van der Waals surface area contributed by atoms with Crippen molar-refractivity contribution in [3.63, 3.8) is 0 Å². The lowest BCUT2D eigenvalue weighted by atomic mass is 10.1. The van der Waals surface area contributed by atoms with Gasteiger partial charge in [-0.1, -0.05) is 39.1 Å². The molecule has 0 amide bonds. The van der Waals surface area contributed by atoms with E-state index in [1.165, 1.54) is 7.11 Å². The maximum absolute atomic E-state index is 11.3. The van der Waals surface area contributed by atoms with E-state index in [2.05, 4.69) is 15.9 Å². The highest BCUT2D eigenvalue weighted by Crippen LogP contribution is 2.43. The molecule has 0 saturated carbocycles. The van der Waals surface area contributed by atoms with Gasteiger partial charge in [-0.15, -0.1) is 0 Å². The Morgan fingerprint density at radius 3 is 2.65 bits per heavy atom. The number of methoxy groups -OCH3 is 1. The van der Waals surface area contributed by atoms with Crippen molar-refractivity contribution < 1.29 is 14.3 Å². The molecule has 0 N–H and O–H groups in total. The van der Waals surface area contributed by atoms with Gasteiger partial charge in [0.25, 0.3) is 0 Å². The molecule has 6 heteroatoms. The Hall–Kier alpha value is -0.710. The van der Waals surface area contributed by atoms with Gasteiger partial charge in [-0.3, -0.25) is 0 Å². The maximum atomic E-state index is 11.3. The lowest BCUT2D eigenvalue weighted by Crippen LogP contribution is -2.04. The van der Waals surface area contributed by atoms with Gasteiger partial charge in [0, 0.05) is 10.0 Å². The van der Waals surface area contributed by atoms with Gasteiger partial charge in [-0.05, 0) is 18.2 Å². The Labute approximate surface area is 116 Å². The first-order valence-electron chi connectivity index (χ1n) is 4.64. The molecule has 0 fully saturated rings. The molecule has 1 atom stereocenters. The number of carbonyl (C=O) groups excluding carboxylic acids is 1. The lowest BCUT2D eigenvalue weighted by molar-refractivity contribution is -0.139. The van der Waals surface area contributed by atoms with E-state index in [0.717, 1.165) is 4.47 Å². The van der Waals surface area contributed by atoms with Crippen LogP contribution in [0.4, 0.5) is 0 Å². The van der Waals surface area contributed by atoms with E-state index in [4.69, 9.17) is 32.7 Å². The van der Waals surface area contributed by atoms with Crippen LogP contribution < -0.4 is 4.74 Å². The van der Waals surface area contributed by atoms with Gasteiger partial charge in [0.15, 0.2) is 6.10 Å². The van der Waals surface area contributed by atoms with E-state index < -0.39 is 12.1 Å². The molecule has 0 bridgehead atoms. The number of ether oxygens (including phenoxy) is 2. The minimum Gasteiger partial charge on any atom is -0.496 e. The number of benzene rings is 1. The summed E-state index contributed by atoms with van der Waals surface area (Å²) in [6.45, 7) is 0. The van der Waals surface area contributed by atoms with E-state index in [9.17, 15) is 4.79 Å². The molecule has 0 aromatic heterocycles. The zero-order valence-electron chi connectivity index (χ0n) is 8.67. The van der Waals surface area contributed by atoms with E-state index >= 15 is 0 Å². The Kier molecular flexibility index (Phi) is 3.66. The molecule has 17 heavy (non-hydrogen) atoms. The van der Waals surface area contributed by atoms with Gasteiger partial charge in [-0.25, -0.2) is 4.79 Å². The smallest absolute Gasteiger partial charge is 0.352 e. The summed E-state index contributed by atoms with van der Waals surface area (Å²) in [4.78, 5) is 11.3. The number of carbonyl (C=O) groups is 1. The van der Waals surface area contributed by atoms with Crippen LogP contribution >= 0.6 is 39.1 Å². The zero-order valence-corrected chi connectivity index (χ0v) is 11.8. The first kappa shape index (κ1) is 12.7. The van der Waals surface area contributed by atoms with Crippen molar-refractivity contribution in [3.05, 3.63) is 38.3 Å². The fourth-order valence-corrected chi connectivity index (χ4v) is 2.29. The molecule has 0 radical (unpaired) electrons. The van der Waals surface area contributed by atoms with Gasteiger partial charge in [0.05, 0.1) is 12.1 Å². The monoisotopic (exact) mass is 336 g/mol. The second-order valence-electron chi connectivity index (χ2n) is 3.33. The fraction of sp³-hybridized carbons (Fsp3) is 0.182. The number of rotatable bonds is 2. The standard InChI is InChI=1S/C11H7BrCl2O3/c1-16-7-3-2-5(12)4-6(7)10-8(13)9(14)11(15)17-10/h2-4,10H,1H3/t10-/m1/s1. The number of hydrogen-bond acceptors (Lipinski definition) is 3. The SMILES string of the molecule is COc1ccc(Br)cc1[C@H]1OC(=O)C(Cl)=C1Cl. The van der Waals surface area contributed by atoms with Crippen LogP contribution in [0.2, 0.25) is 0 Å². The van der Waals surface area contributed by atoms with E-state index in [1.54, 1.807) is 12.1 Å². The number of cyclic esters (lactones) is 1. The topological polar surface area (TPSA) is 35.5 Å². The number of esters is 1. The van der Waals surface area contributed by atoms with Crippen LogP contribution in [0.5, 0.6) is 5.75 Å². The Morgan fingerprint density at radius 2 is 2.12 bits per heavy atom. The average Bonchev–Trinajstić information content (AvgIpc) is 2.57. The average molecular weight is 338 g/mol. The van der Waals surface area contributed by atoms with Crippen LogP contribution in [-0.2, 0) is 9.53 Å². The highest BCUT2D eigenvalue weighted by Gasteiger charge is 2.35. The molecule has 0 aliphatic carbocycles. The first-order chi connectivity index (χ1) is 8.04. The molecule has 0 saturated heterocycles. The molecule has 1 aromatic carbocycles. The van der Waals surface area contributed by atoms with Crippen LogP contribution in [0.3, 0.4) is 0 Å². The summed E-state index contributed by atoms with van der Waals surface area (Å²) in [5, 5.41) is 0.0896. The van der Waals surface area contributed by atoms with Gasteiger partial charge >= 0.3 is 5.97 Å². The van der Waals surface area contributed by atoms with Gasteiger partial charge in [0.1, 0.15) is 10.8 Å². The highest BCUT2D eigenvalue weighted by atomic mass is 79.9. The highest BCUT2D eigenvalue weighted by molar-refractivity contribution is 9.10. The molecule has 0 unspecified atom stereocenters. The van der Waals surface area contributed by atoms with Crippen molar-refractivity contribution >= 4 is 45.1 Å². The number of halogens is 3. The molecular weight excluding hydrogens is 331 g/mol. The summed E-state index contributed by atoms with van der Waals surface area (Å²) in [7, 11) is 1.53. The largest absolute Gasteiger partial charge is 0.496 e. The Bertz CT molecular complexity index is 513. The van der Waals surface area contributed by atoms with Crippen LogP contribution in [-0.4, -0.2) is 13.1 Å². The van der Waals surface area contributed by atoms with Crippen molar-refractivity contribution in [1.29, 1.82) is 0 Å². The first-order valence-corrected chi connectivity index (χ1v) is 6.19. The third kappa shape index (κ3) is 2.30. The van der Waals surface area contributed by atoms with Gasteiger partial charge in [0.2, 0.25) is 0 Å². The number of hydrogen-bond donors (Lipinski definition) is 0. The van der Waals surface area contributed by atoms with E-state index in [0.29, 0.717) is 11.3 Å². The zero-order chi connectivity index (χ0) is 12.6. The summed E-state index contributed by atoms with van der Waals surface area (Å²) in [6, 6.07) is 5.34. The van der Waals surface area contributed by atoms with Gasteiger partial charge < -0.3 is 9.47 Å². The molecule has 1 aromatic rings. The van der Waals surface area contributed by atoms with E-state index in [1.807, 2.05) is 6.07 Å². The van der Waals surface area contributed by atoms with Crippen molar-refractivity contribution in [2.24, 2.45) is 0 Å². The van der Waals surface area contributed by atoms with Crippen molar-refractivity contribution in [1.82, 2.24) is 0 Å². The maximum Gasteiger partial charge on any atom is 0.352 e. The second kappa shape index (κ2) is 4.88. The lowest BCUT2D eigenvalue weighted by Gasteiger charge is -2.14. The molecule has 1 aliphatic rings. The van der Waals surface area contributed by atoms with Crippen LogP contribution in [0, 0.1) is 0 Å². The predicted octanol–water partition coefficient (Wildman–Crippen LogP) is 3.74. The van der Waals surface area contributed by atoms with Crippen LogP contribution in [0.25, 0.3) is 0 Å². The van der Waals surface area contributed by atoms with E-state index in [-0.39, 0.29) is 10.1 Å². The molecule has 0 spiro atoms. The van der Waals surface area contributed by atoms with Crippen molar-refractivity contribution in [3.8, 4) is 5.75 Å². The molecule has 1 heterocycles. The Morgan fingerprint density at radius 1 is 1.41 bits per heavy atom. The molecule has 90 valence electrons. The molecule has 3 nitrogen and oxygen atoms in total. The fourth-order valence-electron chi connectivity index (χ4n) is 1.53. The molecule has 2 rings (SSSR count). The summed E-state index contributed by atoms with van der Waals surface area (Å²) in [6.07, 6.45) is -0.705. The molecule has 1 aliphatic heterocycles. The predicted molar refractivity (Wildman–Crippen MR) is 68.3 cm³/mol.